The molecule has 0 radical (unpaired) electrons. The van der Waals surface area contributed by atoms with Gasteiger partial charge in [0.15, 0.2) is 0 Å². The van der Waals surface area contributed by atoms with E-state index in [0.29, 0.717) is 18.1 Å². The van der Waals surface area contributed by atoms with Gasteiger partial charge in [0.2, 0.25) is 0 Å². The lowest BCUT2D eigenvalue weighted by Gasteiger charge is -2.30. The summed E-state index contributed by atoms with van der Waals surface area (Å²) < 4.78 is 18.5. The zero-order chi connectivity index (χ0) is 18.5. The maximum Gasteiger partial charge on any atom is 0.148 e. The molecule has 0 amide bonds. The van der Waals surface area contributed by atoms with Crippen molar-refractivity contribution in [2.24, 2.45) is 0 Å². The van der Waals surface area contributed by atoms with Gasteiger partial charge in [0.1, 0.15) is 11.6 Å². The van der Waals surface area contributed by atoms with Gasteiger partial charge in [0, 0.05) is 30.9 Å². The first-order valence-electron chi connectivity index (χ1n) is 9.04. The average molecular weight is 364 g/mol. The fourth-order valence-electron chi connectivity index (χ4n) is 3.16. The van der Waals surface area contributed by atoms with Gasteiger partial charge in [-0.05, 0) is 48.0 Å². The van der Waals surface area contributed by atoms with Gasteiger partial charge < -0.3 is 15.0 Å². The van der Waals surface area contributed by atoms with E-state index in [1.54, 1.807) is 12.1 Å². The monoisotopic (exact) mass is 364 g/mol. The van der Waals surface area contributed by atoms with Crippen LogP contribution in [-0.2, 0) is 11.3 Å². The van der Waals surface area contributed by atoms with Crippen molar-refractivity contribution in [3.05, 3.63) is 72.0 Å². The molecule has 2 aromatic carbocycles. The molecule has 1 fully saturated rings. The lowest BCUT2D eigenvalue weighted by Crippen LogP contribution is -2.36. The number of anilines is 2. The maximum absolute atomic E-state index is 13.0. The molecule has 138 valence electrons. The van der Waals surface area contributed by atoms with Crippen molar-refractivity contribution >= 4 is 11.5 Å². The fourth-order valence-corrected chi connectivity index (χ4v) is 3.16. The Labute approximate surface area is 157 Å². The van der Waals surface area contributed by atoms with E-state index in [0.717, 1.165) is 31.9 Å². The number of hydrogen-bond acceptors (Lipinski definition) is 5. The van der Waals surface area contributed by atoms with Crippen LogP contribution in [0.2, 0.25) is 0 Å². The number of rotatable bonds is 5. The summed E-state index contributed by atoms with van der Waals surface area (Å²) in [5.41, 5.74) is 4.00. The lowest BCUT2D eigenvalue weighted by molar-refractivity contribution is 0.122. The maximum atomic E-state index is 13.0. The lowest BCUT2D eigenvalue weighted by atomic mass is 10.1. The Bertz CT molecular complexity index is 877. The number of morpholine rings is 1. The third-order valence-electron chi connectivity index (χ3n) is 4.61. The van der Waals surface area contributed by atoms with Gasteiger partial charge in [-0.1, -0.05) is 18.2 Å². The molecule has 1 aliphatic rings. The van der Waals surface area contributed by atoms with Crippen LogP contribution in [0.25, 0.3) is 11.3 Å². The highest BCUT2D eigenvalue weighted by Crippen LogP contribution is 2.23. The molecule has 0 bridgehead atoms. The summed E-state index contributed by atoms with van der Waals surface area (Å²) in [6.45, 7) is 4.00. The van der Waals surface area contributed by atoms with Gasteiger partial charge in [-0.3, -0.25) is 0 Å². The van der Waals surface area contributed by atoms with E-state index in [4.69, 9.17) is 4.74 Å². The molecule has 0 atom stereocenters. The largest absolute Gasteiger partial charge is 0.378 e. The van der Waals surface area contributed by atoms with E-state index in [1.165, 1.54) is 23.4 Å². The highest BCUT2D eigenvalue weighted by atomic mass is 19.1. The first kappa shape index (κ1) is 17.4. The van der Waals surface area contributed by atoms with Gasteiger partial charge in [-0.15, -0.1) is 10.2 Å². The van der Waals surface area contributed by atoms with E-state index >= 15 is 0 Å². The van der Waals surface area contributed by atoms with E-state index in [1.807, 2.05) is 18.2 Å². The Hall–Kier alpha value is -2.99. The predicted octanol–water partition coefficient (Wildman–Crippen LogP) is 3.73. The second kappa shape index (κ2) is 8.14. The smallest absolute Gasteiger partial charge is 0.148 e. The Kier molecular flexibility index (Phi) is 5.25. The highest BCUT2D eigenvalue weighted by molar-refractivity contribution is 5.60. The minimum atomic E-state index is -0.260. The van der Waals surface area contributed by atoms with Crippen LogP contribution in [0.15, 0.2) is 60.7 Å². The first-order chi connectivity index (χ1) is 13.3. The van der Waals surface area contributed by atoms with E-state index in [9.17, 15) is 4.39 Å². The van der Waals surface area contributed by atoms with E-state index in [2.05, 4.69) is 38.6 Å². The third-order valence-corrected chi connectivity index (χ3v) is 4.61. The average Bonchev–Trinajstić information content (AvgIpc) is 2.74. The second-order valence-electron chi connectivity index (χ2n) is 6.39. The standard InChI is InChI=1S/C21H21FN4O/c22-18-7-5-16(6-8-18)19-9-10-21(25-24-19)23-15-17-3-1-2-4-20(17)26-11-13-27-14-12-26/h1-10H,11-15H2,(H,23,25). The molecule has 3 aromatic rings. The Morgan fingerprint density at radius 2 is 1.70 bits per heavy atom. The predicted molar refractivity (Wildman–Crippen MR) is 104 cm³/mol. The molecule has 27 heavy (non-hydrogen) atoms. The molecular weight excluding hydrogens is 343 g/mol. The number of nitrogens with one attached hydrogen (secondary N) is 1. The summed E-state index contributed by atoms with van der Waals surface area (Å²) in [6.07, 6.45) is 0. The number of halogens is 1. The molecular formula is C21H21FN4O. The summed E-state index contributed by atoms with van der Waals surface area (Å²) in [5, 5.41) is 11.8. The number of ether oxygens (including phenoxy) is 1. The topological polar surface area (TPSA) is 50.3 Å². The van der Waals surface area contributed by atoms with Crippen LogP contribution >= 0.6 is 0 Å². The van der Waals surface area contributed by atoms with Crippen LogP contribution in [-0.4, -0.2) is 36.5 Å². The van der Waals surface area contributed by atoms with Gasteiger partial charge >= 0.3 is 0 Å². The summed E-state index contributed by atoms with van der Waals surface area (Å²) >= 11 is 0. The number of nitrogens with zero attached hydrogens (tertiary/aromatic N) is 3. The van der Waals surface area contributed by atoms with Gasteiger partial charge in [0.05, 0.1) is 18.9 Å². The normalized spacial score (nSPS) is 14.2. The van der Waals surface area contributed by atoms with E-state index < -0.39 is 0 Å². The Balaban J connectivity index is 1.44. The molecule has 6 heteroatoms. The van der Waals surface area contributed by atoms with Gasteiger partial charge in [-0.2, -0.15) is 0 Å². The van der Waals surface area contributed by atoms with Crippen LogP contribution in [0.3, 0.4) is 0 Å². The molecule has 1 N–H and O–H groups in total. The molecule has 0 spiro atoms. The van der Waals surface area contributed by atoms with Crippen molar-refractivity contribution in [3.8, 4) is 11.3 Å². The van der Waals surface area contributed by atoms with Crippen molar-refractivity contribution in [1.29, 1.82) is 0 Å². The molecule has 5 nitrogen and oxygen atoms in total. The van der Waals surface area contributed by atoms with Crippen LogP contribution < -0.4 is 10.2 Å². The highest BCUT2D eigenvalue weighted by Gasteiger charge is 2.14. The van der Waals surface area contributed by atoms with Crippen LogP contribution in [0.1, 0.15) is 5.56 Å². The third kappa shape index (κ3) is 4.23. The van der Waals surface area contributed by atoms with Crippen molar-refractivity contribution in [3.63, 3.8) is 0 Å². The van der Waals surface area contributed by atoms with Crippen molar-refractivity contribution in [1.82, 2.24) is 10.2 Å². The molecule has 2 heterocycles. The van der Waals surface area contributed by atoms with E-state index in [-0.39, 0.29) is 5.82 Å². The Morgan fingerprint density at radius 3 is 2.44 bits per heavy atom. The number of hydrogen-bond donors (Lipinski definition) is 1. The zero-order valence-corrected chi connectivity index (χ0v) is 14.9. The molecule has 4 rings (SSSR count). The fraction of sp³-hybridized carbons (Fsp3) is 0.238. The molecule has 1 saturated heterocycles. The van der Waals surface area contributed by atoms with Crippen LogP contribution in [0.4, 0.5) is 15.9 Å². The SMILES string of the molecule is Fc1ccc(-c2ccc(NCc3ccccc3N3CCOCC3)nn2)cc1. The molecule has 0 saturated carbocycles. The number of para-hydroxylation sites is 1. The quantitative estimate of drug-likeness (QED) is 0.748. The molecule has 0 aliphatic carbocycles. The van der Waals surface area contributed by atoms with Gasteiger partial charge in [-0.25, -0.2) is 4.39 Å². The Morgan fingerprint density at radius 1 is 0.926 bits per heavy atom. The van der Waals surface area contributed by atoms with Crippen molar-refractivity contribution in [2.45, 2.75) is 6.54 Å². The van der Waals surface area contributed by atoms with Crippen LogP contribution in [0, 0.1) is 5.82 Å². The molecule has 1 aromatic heterocycles. The van der Waals surface area contributed by atoms with Crippen LogP contribution in [0.5, 0.6) is 0 Å². The number of benzene rings is 2. The first-order valence-corrected chi connectivity index (χ1v) is 9.04. The zero-order valence-electron chi connectivity index (χ0n) is 14.9. The van der Waals surface area contributed by atoms with Crippen molar-refractivity contribution in [2.75, 3.05) is 36.5 Å². The summed E-state index contributed by atoms with van der Waals surface area (Å²) in [7, 11) is 0. The summed E-state index contributed by atoms with van der Waals surface area (Å²) in [4.78, 5) is 2.35. The molecule has 0 unspecified atom stereocenters. The number of aromatic nitrogens is 2. The molecule has 1 aliphatic heterocycles. The second-order valence-corrected chi connectivity index (χ2v) is 6.39. The van der Waals surface area contributed by atoms with Gasteiger partial charge in [0.25, 0.3) is 0 Å². The summed E-state index contributed by atoms with van der Waals surface area (Å²) in [5.74, 6) is 0.446. The minimum absolute atomic E-state index is 0.260. The van der Waals surface area contributed by atoms with Crippen molar-refractivity contribution < 1.29 is 9.13 Å². The minimum Gasteiger partial charge on any atom is -0.378 e. The summed E-state index contributed by atoms with van der Waals surface area (Å²) in [6, 6.07) is 18.4.